The number of benzene rings is 1. The number of hydrogen-bond donors (Lipinski definition) is 1. The van der Waals surface area contributed by atoms with E-state index in [1.165, 1.54) is 0 Å². The molecule has 1 heterocycles. The van der Waals surface area contributed by atoms with Crippen LogP contribution < -0.4 is 15.2 Å². The van der Waals surface area contributed by atoms with E-state index in [1.807, 2.05) is 18.2 Å². The van der Waals surface area contributed by atoms with Crippen molar-refractivity contribution in [3.8, 4) is 11.5 Å². The molecule has 1 aliphatic rings. The molecule has 1 unspecified atom stereocenters. The third-order valence-electron chi connectivity index (χ3n) is 3.03. The average Bonchev–Trinajstić information content (AvgIpc) is 2.86. The lowest BCUT2D eigenvalue weighted by molar-refractivity contribution is -0.143. The molecule has 0 radical (unpaired) electrons. The molecule has 1 aliphatic heterocycles. The number of rotatable bonds is 6. The summed E-state index contributed by atoms with van der Waals surface area (Å²) in [6.45, 7) is 2.49. The maximum Gasteiger partial charge on any atom is 0.305 e. The van der Waals surface area contributed by atoms with Gasteiger partial charge in [-0.25, -0.2) is 0 Å². The molecule has 5 heteroatoms. The second kappa shape index (κ2) is 6.43. The molecule has 1 aromatic rings. The Hall–Kier alpha value is -1.75. The number of fused-ring (bicyclic) bond motifs is 1. The molecule has 0 saturated carbocycles. The minimum absolute atomic E-state index is 0.107. The van der Waals surface area contributed by atoms with Gasteiger partial charge in [0.1, 0.15) is 0 Å². The molecule has 0 aromatic heterocycles. The van der Waals surface area contributed by atoms with Crippen LogP contribution in [0.15, 0.2) is 18.2 Å². The molecule has 5 nitrogen and oxygen atoms in total. The van der Waals surface area contributed by atoms with Gasteiger partial charge in [-0.2, -0.15) is 0 Å². The van der Waals surface area contributed by atoms with E-state index in [9.17, 15) is 4.79 Å². The van der Waals surface area contributed by atoms with Crippen LogP contribution in [0.3, 0.4) is 0 Å². The monoisotopic (exact) mass is 265 g/mol. The molecule has 1 atom stereocenters. The summed E-state index contributed by atoms with van der Waals surface area (Å²) in [5.74, 6) is 1.32. The smallest absolute Gasteiger partial charge is 0.305 e. The lowest BCUT2D eigenvalue weighted by atomic mass is 10.0. The molecule has 1 aromatic carbocycles. The van der Waals surface area contributed by atoms with Crippen LogP contribution in [-0.2, 0) is 9.53 Å². The summed E-state index contributed by atoms with van der Waals surface area (Å²) in [5.41, 5.74) is 7.09. The second-order valence-corrected chi connectivity index (χ2v) is 4.42. The standard InChI is InChI=1S/C14H19NO4/c1-2-17-14(16)5-3-4-11(15)10-6-7-12-13(8-10)19-9-18-12/h6-8,11H,2-5,9,15H2,1H3. The highest BCUT2D eigenvalue weighted by Gasteiger charge is 2.16. The van der Waals surface area contributed by atoms with Crippen LogP contribution in [0.1, 0.15) is 37.8 Å². The summed E-state index contributed by atoms with van der Waals surface area (Å²) in [6.07, 6.45) is 1.86. The Labute approximate surface area is 112 Å². The first kappa shape index (κ1) is 13.7. The minimum atomic E-state index is -0.166. The van der Waals surface area contributed by atoms with Crippen molar-refractivity contribution < 1.29 is 19.0 Å². The number of esters is 1. The van der Waals surface area contributed by atoms with Gasteiger partial charge in [-0.05, 0) is 37.5 Å². The van der Waals surface area contributed by atoms with Crippen molar-refractivity contribution in [2.75, 3.05) is 13.4 Å². The zero-order valence-corrected chi connectivity index (χ0v) is 11.1. The molecule has 104 valence electrons. The van der Waals surface area contributed by atoms with E-state index in [0.29, 0.717) is 19.4 Å². The van der Waals surface area contributed by atoms with Crippen molar-refractivity contribution >= 4 is 5.97 Å². The largest absolute Gasteiger partial charge is 0.466 e. The summed E-state index contributed by atoms with van der Waals surface area (Å²) in [7, 11) is 0. The highest BCUT2D eigenvalue weighted by molar-refractivity contribution is 5.69. The van der Waals surface area contributed by atoms with Crippen LogP contribution in [-0.4, -0.2) is 19.4 Å². The Bertz CT molecular complexity index is 447. The number of nitrogens with two attached hydrogens (primary N) is 1. The fraction of sp³-hybridized carbons (Fsp3) is 0.500. The van der Waals surface area contributed by atoms with Gasteiger partial charge in [-0.1, -0.05) is 6.07 Å². The summed E-state index contributed by atoms with van der Waals surface area (Å²) < 4.78 is 15.4. The molecule has 0 aliphatic carbocycles. The Morgan fingerprint density at radius 1 is 1.42 bits per heavy atom. The van der Waals surface area contributed by atoms with Gasteiger partial charge in [-0.15, -0.1) is 0 Å². The van der Waals surface area contributed by atoms with E-state index in [2.05, 4.69) is 0 Å². The van der Waals surface area contributed by atoms with E-state index < -0.39 is 0 Å². The molecular formula is C14H19NO4. The third kappa shape index (κ3) is 3.61. The van der Waals surface area contributed by atoms with E-state index >= 15 is 0 Å². The molecule has 0 bridgehead atoms. The number of hydrogen-bond acceptors (Lipinski definition) is 5. The molecule has 0 saturated heterocycles. The van der Waals surface area contributed by atoms with Crippen LogP contribution in [0.5, 0.6) is 11.5 Å². The predicted octanol–water partition coefficient (Wildman–Crippen LogP) is 2.15. The summed E-state index contributed by atoms with van der Waals surface area (Å²) in [6, 6.07) is 5.59. The first-order chi connectivity index (χ1) is 9.20. The first-order valence-corrected chi connectivity index (χ1v) is 6.51. The molecule has 0 amide bonds. The highest BCUT2D eigenvalue weighted by atomic mass is 16.7. The SMILES string of the molecule is CCOC(=O)CCCC(N)c1ccc2c(c1)OCO2. The van der Waals surface area contributed by atoms with Crippen molar-refractivity contribution in [1.29, 1.82) is 0 Å². The second-order valence-electron chi connectivity index (χ2n) is 4.42. The number of carbonyl (C=O) groups is 1. The summed E-state index contributed by atoms with van der Waals surface area (Å²) >= 11 is 0. The molecular weight excluding hydrogens is 246 g/mol. The van der Waals surface area contributed by atoms with Gasteiger partial charge >= 0.3 is 5.97 Å². The lowest BCUT2D eigenvalue weighted by Gasteiger charge is -2.12. The van der Waals surface area contributed by atoms with Gasteiger partial charge in [0.2, 0.25) is 6.79 Å². The van der Waals surface area contributed by atoms with Crippen LogP contribution in [0, 0.1) is 0 Å². The Balaban J connectivity index is 1.83. The average molecular weight is 265 g/mol. The molecule has 2 rings (SSSR count). The Kier molecular flexibility index (Phi) is 4.63. The van der Waals surface area contributed by atoms with E-state index in [4.69, 9.17) is 19.9 Å². The fourth-order valence-electron chi connectivity index (χ4n) is 2.01. The zero-order valence-electron chi connectivity index (χ0n) is 11.1. The zero-order chi connectivity index (χ0) is 13.7. The molecule has 19 heavy (non-hydrogen) atoms. The lowest BCUT2D eigenvalue weighted by Crippen LogP contribution is -2.11. The van der Waals surface area contributed by atoms with Crippen LogP contribution in [0.4, 0.5) is 0 Å². The van der Waals surface area contributed by atoms with Gasteiger partial charge in [0, 0.05) is 12.5 Å². The predicted molar refractivity (Wildman–Crippen MR) is 70.0 cm³/mol. The van der Waals surface area contributed by atoms with Gasteiger partial charge in [0.05, 0.1) is 6.61 Å². The van der Waals surface area contributed by atoms with Crippen molar-refractivity contribution in [3.63, 3.8) is 0 Å². The van der Waals surface area contributed by atoms with Crippen LogP contribution in [0.25, 0.3) is 0 Å². The van der Waals surface area contributed by atoms with Crippen molar-refractivity contribution in [1.82, 2.24) is 0 Å². The number of ether oxygens (including phenoxy) is 3. The van der Waals surface area contributed by atoms with E-state index in [-0.39, 0.29) is 18.8 Å². The molecule has 0 spiro atoms. The third-order valence-corrected chi connectivity index (χ3v) is 3.03. The van der Waals surface area contributed by atoms with Crippen molar-refractivity contribution in [2.45, 2.75) is 32.2 Å². The summed E-state index contributed by atoms with van der Waals surface area (Å²) in [4.78, 5) is 11.2. The van der Waals surface area contributed by atoms with E-state index in [1.54, 1.807) is 6.92 Å². The Morgan fingerprint density at radius 3 is 3.00 bits per heavy atom. The fourth-order valence-corrected chi connectivity index (χ4v) is 2.01. The minimum Gasteiger partial charge on any atom is -0.466 e. The van der Waals surface area contributed by atoms with Gasteiger partial charge in [0.25, 0.3) is 0 Å². The maximum atomic E-state index is 11.2. The highest BCUT2D eigenvalue weighted by Crippen LogP contribution is 2.34. The maximum absolute atomic E-state index is 11.2. The normalized spacial score (nSPS) is 14.2. The van der Waals surface area contributed by atoms with Crippen LogP contribution >= 0.6 is 0 Å². The van der Waals surface area contributed by atoms with Gasteiger partial charge < -0.3 is 19.9 Å². The quantitative estimate of drug-likeness (QED) is 0.798. The van der Waals surface area contributed by atoms with Gasteiger partial charge in [-0.3, -0.25) is 4.79 Å². The van der Waals surface area contributed by atoms with E-state index in [0.717, 1.165) is 23.5 Å². The number of carbonyl (C=O) groups excluding carboxylic acids is 1. The van der Waals surface area contributed by atoms with Crippen LogP contribution in [0.2, 0.25) is 0 Å². The molecule has 0 fully saturated rings. The van der Waals surface area contributed by atoms with Crippen molar-refractivity contribution in [3.05, 3.63) is 23.8 Å². The molecule has 2 N–H and O–H groups in total. The summed E-state index contributed by atoms with van der Waals surface area (Å²) in [5, 5.41) is 0. The van der Waals surface area contributed by atoms with Gasteiger partial charge in [0.15, 0.2) is 11.5 Å². The first-order valence-electron chi connectivity index (χ1n) is 6.51. The van der Waals surface area contributed by atoms with Crippen molar-refractivity contribution in [2.24, 2.45) is 5.73 Å². The topological polar surface area (TPSA) is 70.8 Å². The Morgan fingerprint density at radius 2 is 2.21 bits per heavy atom.